The van der Waals surface area contributed by atoms with Gasteiger partial charge in [-0.05, 0) is 87.6 Å². The van der Waals surface area contributed by atoms with E-state index < -0.39 is 34.9 Å². The van der Waals surface area contributed by atoms with Crippen molar-refractivity contribution in [2.45, 2.75) is 68.1 Å². The van der Waals surface area contributed by atoms with Crippen molar-refractivity contribution in [2.24, 2.45) is 11.8 Å². The Morgan fingerprint density at radius 2 is 1.32 bits per heavy atom. The van der Waals surface area contributed by atoms with Crippen LogP contribution in [0.5, 0.6) is 0 Å². The molecular formula is C57H47N3O3. The third-order valence-corrected chi connectivity index (χ3v) is 15.4. The fraction of sp³-hybridized carbons (Fsp3) is 0.228. The molecule has 2 N–H and O–H groups in total. The van der Waals surface area contributed by atoms with Crippen molar-refractivity contribution in [3.05, 3.63) is 231 Å². The number of carbonyl (C=O) groups excluding carboxylic acids is 3. The molecule has 6 aromatic rings. The fourth-order valence-electron chi connectivity index (χ4n) is 12.2. The number of fused-ring (bicyclic) bond motifs is 3. The Labute approximate surface area is 368 Å². The SMILES string of the molecule is C=C1c2ccccc2C(=O)C12NC(c1ccccc1)C(C(=O)/C=C(\C#N)C1C(c3ccc4c(c3)C4)C(c3ccccc3)NC13C(=O)c1ccccc1C3C)C2c1ccc(C)c(C)c1. The number of ketones is 3. The molecule has 11 rings (SSSR count). The second-order valence-electron chi connectivity index (χ2n) is 18.4. The maximum absolute atomic E-state index is 16.0. The third kappa shape index (κ3) is 5.59. The maximum Gasteiger partial charge on any atom is 0.188 e. The van der Waals surface area contributed by atoms with Gasteiger partial charge in [-0.2, -0.15) is 5.26 Å². The number of benzene rings is 6. The minimum Gasteiger partial charge on any atom is -0.296 e. The van der Waals surface area contributed by atoms with Crippen LogP contribution in [0.1, 0.15) is 113 Å². The van der Waals surface area contributed by atoms with Crippen molar-refractivity contribution in [1.82, 2.24) is 10.6 Å². The second-order valence-corrected chi connectivity index (χ2v) is 18.4. The van der Waals surface area contributed by atoms with Gasteiger partial charge in [0.25, 0.3) is 0 Å². The summed E-state index contributed by atoms with van der Waals surface area (Å²) in [6, 6.07) is 49.7. The smallest absolute Gasteiger partial charge is 0.188 e. The van der Waals surface area contributed by atoms with Gasteiger partial charge in [0, 0.05) is 52.5 Å². The minimum atomic E-state index is -1.35. The molecule has 9 unspecified atom stereocenters. The van der Waals surface area contributed by atoms with E-state index in [1.165, 1.54) is 11.1 Å². The average molecular weight is 822 g/mol. The summed E-state index contributed by atoms with van der Waals surface area (Å²) in [4.78, 5) is 46.6. The van der Waals surface area contributed by atoms with Crippen molar-refractivity contribution in [1.29, 1.82) is 5.26 Å². The second kappa shape index (κ2) is 14.4. The summed E-state index contributed by atoms with van der Waals surface area (Å²) in [5.41, 5.74) is 9.62. The van der Waals surface area contributed by atoms with Gasteiger partial charge < -0.3 is 0 Å². The number of allylic oxidation sites excluding steroid dienone is 1. The van der Waals surface area contributed by atoms with Crippen LogP contribution in [0.2, 0.25) is 0 Å². The zero-order valence-corrected chi connectivity index (χ0v) is 35.6. The van der Waals surface area contributed by atoms with Crippen LogP contribution in [0.15, 0.2) is 164 Å². The molecule has 6 aromatic carbocycles. The lowest BCUT2D eigenvalue weighted by Gasteiger charge is -2.36. The lowest BCUT2D eigenvalue weighted by molar-refractivity contribution is -0.119. The van der Waals surface area contributed by atoms with Gasteiger partial charge in [-0.15, -0.1) is 0 Å². The quantitative estimate of drug-likeness (QED) is 0.123. The van der Waals surface area contributed by atoms with Crippen molar-refractivity contribution < 1.29 is 14.4 Å². The molecule has 0 bridgehead atoms. The van der Waals surface area contributed by atoms with Gasteiger partial charge in [0.15, 0.2) is 17.3 Å². The normalized spacial score (nSPS) is 28.9. The van der Waals surface area contributed by atoms with Crippen LogP contribution in [0, 0.1) is 37.0 Å². The number of carbonyl (C=O) groups is 3. The molecule has 308 valence electrons. The summed E-state index contributed by atoms with van der Waals surface area (Å²) >= 11 is 0. The van der Waals surface area contributed by atoms with Crippen LogP contribution in [0.3, 0.4) is 0 Å². The summed E-state index contributed by atoms with van der Waals surface area (Å²) in [5.74, 6) is -3.44. The molecule has 0 saturated carbocycles. The number of hydrogen-bond donors (Lipinski definition) is 2. The lowest BCUT2D eigenvalue weighted by Crippen LogP contribution is -2.53. The first-order valence-electron chi connectivity index (χ1n) is 22.1. The van der Waals surface area contributed by atoms with E-state index in [2.05, 4.69) is 86.5 Å². The first-order chi connectivity index (χ1) is 30.6. The third-order valence-electron chi connectivity index (χ3n) is 15.4. The molecule has 9 atom stereocenters. The highest BCUT2D eigenvalue weighted by Crippen LogP contribution is 2.62. The highest BCUT2D eigenvalue weighted by Gasteiger charge is 2.67. The van der Waals surface area contributed by atoms with Crippen LogP contribution in [-0.2, 0) is 11.2 Å². The van der Waals surface area contributed by atoms with E-state index in [9.17, 15) is 5.26 Å². The average Bonchev–Trinajstić information content (AvgIpc) is 3.72. The Morgan fingerprint density at radius 3 is 1.97 bits per heavy atom. The zero-order valence-electron chi connectivity index (χ0n) is 35.6. The van der Waals surface area contributed by atoms with Crippen molar-refractivity contribution in [2.75, 3.05) is 0 Å². The standard InChI is InChI=1S/C57H47N3O3/c1-32-23-24-40(27-33(32)2)50-49(53(37-17-9-6-10-18-37)60-56(50)34(3)43-19-11-13-21-45(43)54(56)62)47(61)30-42(31-58)51-48(39-26-25-38-28-41(38)29-39)52(36-15-7-5-8-16-36)59-57(51)35(4)44-20-12-14-22-46(44)55(57)63/h5-27,29-30,35,48-53,59-60H,3,28H2,1-2,4H3/b42-30+. The molecular weight excluding hydrogens is 775 g/mol. The molecule has 0 radical (unpaired) electrons. The molecule has 5 aliphatic rings. The first kappa shape index (κ1) is 39.1. The Kier molecular flexibility index (Phi) is 8.93. The number of hydrogen-bond acceptors (Lipinski definition) is 6. The highest BCUT2D eigenvalue weighted by molar-refractivity contribution is 6.22. The molecule has 3 aliphatic carbocycles. The number of rotatable bonds is 7. The van der Waals surface area contributed by atoms with Gasteiger partial charge in [-0.3, -0.25) is 25.0 Å². The lowest BCUT2D eigenvalue weighted by atomic mass is 9.65. The van der Waals surface area contributed by atoms with Crippen molar-refractivity contribution in [3.8, 4) is 6.07 Å². The van der Waals surface area contributed by atoms with E-state index in [0.717, 1.165) is 50.9 Å². The summed E-state index contributed by atoms with van der Waals surface area (Å²) in [6.45, 7) is 10.8. The summed E-state index contributed by atoms with van der Waals surface area (Å²) < 4.78 is 0. The number of nitrogens with one attached hydrogen (secondary N) is 2. The number of nitrogens with zero attached hydrogens (tertiary/aromatic N) is 1. The van der Waals surface area contributed by atoms with E-state index in [0.29, 0.717) is 16.7 Å². The molecule has 6 heteroatoms. The fourth-order valence-corrected chi connectivity index (χ4v) is 12.2. The van der Waals surface area contributed by atoms with Gasteiger partial charge in [0.1, 0.15) is 5.54 Å². The van der Waals surface area contributed by atoms with Crippen LogP contribution in [-0.4, -0.2) is 28.4 Å². The summed E-state index contributed by atoms with van der Waals surface area (Å²) in [7, 11) is 0. The Bertz CT molecular complexity index is 2980. The molecule has 2 aliphatic heterocycles. The predicted octanol–water partition coefficient (Wildman–Crippen LogP) is 10.4. The number of nitriles is 1. The number of Topliss-reactive ketones (excluding diaryl/α,β-unsaturated/α-hetero) is 2. The molecule has 2 heterocycles. The highest BCUT2D eigenvalue weighted by atomic mass is 16.1. The van der Waals surface area contributed by atoms with Crippen LogP contribution >= 0.6 is 0 Å². The van der Waals surface area contributed by atoms with Gasteiger partial charge in [0.2, 0.25) is 0 Å². The monoisotopic (exact) mass is 821 g/mol. The predicted molar refractivity (Wildman–Crippen MR) is 245 cm³/mol. The van der Waals surface area contributed by atoms with Gasteiger partial charge >= 0.3 is 0 Å². The van der Waals surface area contributed by atoms with Crippen LogP contribution in [0.25, 0.3) is 5.57 Å². The zero-order chi connectivity index (χ0) is 43.4. The molecule has 0 aromatic heterocycles. The van der Waals surface area contributed by atoms with Crippen molar-refractivity contribution >= 4 is 22.9 Å². The number of aryl methyl sites for hydroxylation is 2. The van der Waals surface area contributed by atoms with E-state index in [-0.39, 0.29) is 40.8 Å². The van der Waals surface area contributed by atoms with Crippen LogP contribution < -0.4 is 10.6 Å². The molecule has 2 spiro atoms. The van der Waals surface area contributed by atoms with Crippen LogP contribution in [0.4, 0.5) is 0 Å². The summed E-state index contributed by atoms with van der Waals surface area (Å²) in [6.07, 6.45) is 2.47. The van der Waals surface area contributed by atoms with E-state index in [1.54, 1.807) is 6.08 Å². The van der Waals surface area contributed by atoms with E-state index >= 15 is 14.4 Å². The van der Waals surface area contributed by atoms with Gasteiger partial charge in [-0.1, -0.05) is 159 Å². The Morgan fingerprint density at radius 1 is 0.683 bits per heavy atom. The maximum atomic E-state index is 16.0. The largest absolute Gasteiger partial charge is 0.296 e. The summed E-state index contributed by atoms with van der Waals surface area (Å²) in [5, 5.41) is 19.4. The van der Waals surface area contributed by atoms with E-state index in [1.807, 2.05) is 103 Å². The Hall–Kier alpha value is -6.78. The van der Waals surface area contributed by atoms with Crippen molar-refractivity contribution in [3.63, 3.8) is 0 Å². The molecule has 0 amide bonds. The molecule has 63 heavy (non-hydrogen) atoms. The van der Waals surface area contributed by atoms with E-state index in [4.69, 9.17) is 0 Å². The first-order valence-corrected chi connectivity index (χ1v) is 22.1. The molecule has 6 nitrogen and oxygen atoms in total. The topological polar surface area (TPSA) is 99.1 Å². The van der Waals surface area contributed by atoms with Gasteiger partial charge in [0.05, 0.1) is 17.5 Å². The molecule has 2 fully saturated rings. The minimum absolute atomic E-state index is 0.0679. The van der Waals surface area contributed by atoms with Gasteiger partial charge in [-0.25, -0.2) is 0 Å². The Balaban J connectivity index is 1.13. The molecule has 2 saturated heterocycles.